The summed E-state index contributed by atoms with van der Waals surface area (Å²) in [4.78, 5) is 41.4. The largest absolute Gasteiger partial charge is 0.444 e. The number of ether oxygens (including phenoxy) is 1. The molecule has 0 radical (unpaired) electrons. The lowest BCUT2D eigenvalue weighted by Gasteiger charge is -2.25. The molecule has 2 aromatic carbocycles. The smallest absolute Gasteiger partial charge is 0.408 e. The van der Waals surface area contributed by atoms with Crippen LogP contribution in [0.5, 0.6) is 0 Å². The van der Waals surface area contributed by atoms with Crippen molar-refractivity contribution in [2.75, 3.05) is 0 Å². The molecule has 3 aromatic rings. The molecule has 9 nitrogen and oxygen atoms in total. The summed E-state index contributed by atoms with van der Waals surface area (Å²) in [6, 6.07) is 14.3. The fourth-order valence-corrected chi connectivity index (χ4v) is 4.57. The van der Waals surface area contributed by atoms with Crippen LogP contribution in [0.2, 0.25) is 0 Å². The lowest BCUT2D eigenvalue weighted by molar-refractivity contribution is -0.384. The van der Waals surface area contributed by atoms with E-state index in [2.05, 4.69) is 15.6 Å². The summed E-state index contributed by atoms with van der Waals surface area (Å²) in [5, 5.41) is 19.5. The minimum absolute atomic E-state index is 0. The monoisotopic (exact) mass is 540 g/mol. The Hall–Kier alpha value is -3.79. The van der Waals surface area contributed by atoms with E-state index in [1.807, 2.05) is 42.6 Å². The van der Waals surface area contributed by atoms with E-state index in [1.165, 1.54) is 23.5 Å². The molecule has 0 spiro atoms. The molecule has 1 heterocycles. The first-order chi connectivity index (χ1) is 17.5. The van der Waals surface area contributed by atoms with Gasteiger partial charge in [-0.1, -0.05) is 56.8 Å². The van der Waals surface area contributed by atoms with Crippen LogP contribution in [0.15, 0.2) is 60.0 Å². The Morgan fingerprint density at radius 1 is 1.03 bits per heavy atom. The normalized spacial score (nSPS) is 12.5. The molecule has 0 aliphatic carbocycles. The Labute approximate surface area is 227 Å². The van der Waals surface area contributed by atoms with Gasteiger partial charge >= 0.3 is 6.09 Å². The summed E-state index contributed by atoms with van der Waals surface area (Å²) >= 11 is 1.44. The number of nitro groups is 1. The zero-order chi connectivity index (χ0) is 27.0. The first-order valence-electron chi connectivity index (χ1n) is 12.1. The predicted octanol–water partition coefficient (Wildman–Crippen LogP) is 5.79. The third-order valence-electron chi connectivity index (χ3n) is 5.42. The van der Waals surface area contributed by atoms with Gasteiger partial charge in [0.15, 0.2) is 0 Å². The third kappa shape index (κ3) is 9.26. The van der Waals surface area contributed by atoms with Crippen molar-refractivity contribution in [2.24, 2.45) is 0 Å². The number of rotatable bonds is 10. The van der Waals surface area contributed by atoms with Crippen molar-refractivity contribution in [3.63, 3.8) is 0 Å². The number of carbonyl (C=O) groups is 2. The van der Waals surface area contributed by atoms with Crippen LogP contribution < -0.4 is 10.6 Å². The highest BCUT2D eigenvalue weighted by Gasteiger charge is 2.28. The van der Waals surface area contributed by atoms with Crippen LogP contribution in [0.25, 0.3) is 0 Å². The van der Waals surface area contributed by atoms with Gasteiger partial charge < -0.3 is 15.4 Å². The highest BCUT2D eigenvalue weighted by Crippen LogP contribution is 2.24. The molecule has 38 heavy (non-hydrogen) atoms. The molecular formula is C28H36N4O5S. The molecule has 2 amide bonds. The van der Waals surface area contributed by atoms with E-state index in [0.29, 0.717) is 6.42 Å². The summed E-state index contributed by atoms with van der Waals surface area (Å²) in [7, 11) is 0. The quantitative estimate of drug-likeness (QED) is 0.248. The van der Waals surface area contributed by atoms with Gasteiger partial charge in [0, 0.05) is 23.9 Å². The fourth-order valence-electron chi connectivity index (χ4n) is 3.62. The van der Waals surface area contributed by atoms with Gasteiger partial charge in [-0.15, -0.1) is 11.3 Å². The molecule has 0 saturated carbocycles. The van der Waals surface area contributed by atoms with Gasteiger partial charge in [-0.2, -0.15) is 0 Å². The summed E-state index contributed by atoms with van der Waals surface area (Å²) < 4.78 is 5.39. The van der Waals surface area contributed by atoms with Crippen molar-refractivity contribution < 1.29 is 19.2 Å². The number of non-ortho nitro benzene ring substituents is 1. The van der Waals surface area contributed by atoms with Gasteiger partial charge in [0.1, 0.15) is 16.7 Å². The molecule has 2 atom stereocenters. The Morgan fingerprint density at radius 2 is 1.66 bits per heavy atom. The topological polar surface area (TPSA) is 123 Å². The van der Waals surface area contributed by atoms with E-state index in [-0.39, 0.29) is 25.4 Å². The van der Waals surface area contributed by atoms with Crippen LogP contribution in [0.1, 0.15) is 63.0 Å². The van der Waals surface area contributed by atoms with Gasteiger partial charge in [-0.3, -0.25) is 14.9 Å². The number of amides is 2. The molecule has 204 valence electrons. The van der Waals surface area contributed by atoms with E-state index in [0.717, 1.165) is 28.2 Å². The second-order valence-electron chi connectivity index (χ2n) is 9.61. The summed E-state index contributed by atoms with van der Waals surface area (Å²) in [5.74, 6) is -0.380. The summed E-state index contributed by atoms with van der Waals surface area (Å²) in [6.45, 7) is 7.27. The lowest BCUT2D eigenvalue weighted by atomic mass is 10.0. The van der Waals surface area contributed by atoms with Crippen molar-refractivity contribution in [1.29, 1.82) is 0 Å². The van der Waals surface area contributed by atoms with E-state index in [4.69, 9.17) is 4.74 Å². The molecule has 0 bridgehead atoms. The first kappa shape index (κ1) is 30.4. The second-order valence-corrected chi connectivity index (χ2v) is 10.5. The molecule has 3 rings (SSSR count). The Bertz CT molecular complexity index is 1210. The molecule has 10 heteroatoms. The van der Waals surface area contributed by atoms with Gasteiger partial charge in [-0.05, 0) is 44.7 Å². The number of thiazole rings is 1. The van der Waals surface area contributed by atoms with Crippen LogP contribution in [-0.2, 0) is 28.8 Å². The Morgan fingerprint density at radius 3 is 2.21 bits per heavy atom. The molecular weight excluding hydrogens is 504 g/mol. The van der Waals surface area contributed by atoms with Crippen molar-refractivity contribution in [3.8, 4) is 0 Å². The zero-order valence-corrected chi connectivity index (χ0v) is 22.2. The zero-order valence-electron chi connectivity index (χ0n) is 21.4. The van der Waals surface area contributed by atoms with Crippen LogP contribution in [0, 0.1) is 10.1 Å². The fraction of sp³-hybridized carbons (Fsp3) is 0.393. The van der Waals surface area contributed by atoms with E-state index in [1.54, 1.807) is 32.9 Å². The van der Waals surface area contributed by atoms with Crippen molar-refractivity contribution in [2.45, 2.75) is 72.1 Å². The Kier molecular flexibility index (Phi) is 10.9. The SMILES string of the molecule is C.CCc1csc([C@H](Cc2ccc([N+](=O)[O-])cc2)NC(=O)[C@H](Cc2ccccc2)NC(=O)OC(C)(C)C)n1. The van der Waals surface area contributed by atoms with Crippen LogP contribution in [0.3, 0.4) is 0 Å². The first-order valence-corrected chi connectivity index (χ1v) is 12.9. The Balaban J connectivity index is 0.00000507. The minimum atomic E-state index is -0.887. The van der Waals surface area contributed by atoms with Crippen LogP contribution in [0.4, 0.5) is 10.5 Å². The number of nitrogens with zero attached hydrogens (tertiary/aromatic N) is 2. The number of alkyl carbamates (subject to hydrolysis) is 1. The predicted molar refractivity (Wildman–Crippen MR) is 149 cm³/mol. The van der Waals surface area contributed by atoms with E-state index >= 15 is 0 Å². The number of hydrogen-bond donors (Lipinski definition) is 2. The molecule has 0 saturated heterocycles. The van der Waals surface area contributed by atoms with Gasteiger partial charge in [0.2, 0.25) is 5.91 Å². The molecule has 2 N–H and O–H groups in total. The number of aromatic nitrogens is 1. The number of aryl methyl sites for hydroxylation is 1. The minimum Gasteiger partial charge on any atom is -0.444 e. The molecule has 0 aliphatic heterocycles. The molecule has 0 aliphatic rings. The maximum atomic E-state index is 13.5. The number of carbonyl (C=O) groups excluding carboxylic acids is 2. The number of hydrogen-bond acceptors (Lipinski definition) is 7. The molecule has 0 unspecified atom stereocenters. The van der Waals surface area contributed by atoms with Crippen molar-refractivity contribution >= 4 is 29.0 Å². The average Bonchev–Trinajstić information content (AvgIpc) is 3.32. The van der Waals surface area contributed by atoms with E-state index < -0.39 is 28.7 Å². The second kappa shape index (κ2) is 13.7. The maximum absolute atomic E-state index is 13.5. The number of nitro benzene ring substituents is 1. The lowest BCUT2D eigenvalue weighted by Crippen LogP contribution is -2.50. The maximum Gasteiger partial charge on any atom is 0.408 e. The highest BCUT2D eigenvalue weighted by molar-refractivity contribution is 7.09. The molecule has 1 aromatic heterocycles. The van der Waals surface area contributed by atoms with Gasteiger partial charge in [-0.25, -0.2) is 9.78 Å². The third-order valence-corrected chi connectivity index (χ3v) is 6.43. The summed E-state index contributed by atoms with van der Waals surface area (Å²) in [6.07, 6.45) is 0.725. The summed E-state index contributed by atoms with van der Waals surface area (Å²) in [5.41, 5.74) is 1.89. The van der Waals surface area contributed by atoms with Gasteiger partial charge in [0.25, 0.3) is 5.69 Å². The number of nitrogens with one attached hydrogen (secondary N) is 2. The number of benzene rings is 2. The standard InChI is InChI=1S/C27H32N4O5S.CH4/c1-5-20-17-37-25(28-20)23(16-19-11-13-21(14-12-19)31(34)35)29-24(32)22(15-18-9-7-6-8-10-18)30-26(33)36-27(2,3)4;/h6-14,17,22-23H,5,15-16H2,1-4H3,(H,29,32)(H,30,33);1H4/t22-,23-;/m0./s1. The highest BCUT2D eigenvalue weighted by atomic mass is 32.1. The van der Waals surface area contributed by atoms with Crippen LogP contribution in [-0.4, -0.2) is 33.6 Å². The van der Waals surface area contributed by atoms with E-state index in [9.17, 15) is 19.7 Å². The van der Waals surface area contributed by atoms with Crippen molar-refractivity contribution in [1.82, 2.24) is 15.6 Å². The van der Waals surface area contributed by atoms with Crippen molar-refractivity contribution in [3.05, 3.63) is 91.9 Å². The van der Waals surface area contributed by atoms with Gasteiger partial charge in [0.05, 0.1) is 16.7 Å². The molecule has 0 fully saturated rings. The van der Waals surface area contributed by atoms with Crippen LogP contribution >= 0.6 is 11.3 Å². The average molecular weight is 541 g/mol.